The first-order chi connectivity index (χ1) is 22.2. The maximum Gasteiger partial charge on any atom is 0.414 e. The summed E-state index contributed by atoms with van der Waals surface area (Å²) in [5.74, 6) is -2.10. The summed E-state index contributed by atoms with van der Waals surface area (Å²) in [6.45, 7) is 20.7. The normalized spacial score (nSPS) is 10.0. The number of amides is 2. The molecule has 1 aromatic rings. The van der Waals surface area contributed by atoms with Crippen LogP contribution in [0, 0.1) is 0 Å². The predicted molar refractivity (Wildman–Crippen MR) is 189 cm³/mol. The molecule has 0 saturated carbocycles. The Hall–Kier alpha value is -3.67. The van der Waals surface area contributed by atoms with Crippen molar-refractivity contribution in [3.8, 4) is 5.75 Å². The molecule has 12 heteroatoms. The molecule has 12 nitrogen and oxygen atoms in total. The van der Waals surface area contributed by atoms with Crippen molar-refractivity contribution < 1.29 is 44.3 Å². The Morgan fingerprint density at radius 1 is 0.766 bits per heavy atom. The molecule has 0 heterocycles. The highest BCUT2D eigenvalue weighted by atomic mass is 16.6. The molecular formula is C35H67N3O9. The highest BCUT2D eigenvalue weighted by molar-refractivity contribution is 5.74. The van der Waals surface area contributed by atoms with Crippen LogP contribution < -0.4 is 10.5 Å². The van der Waals surface area contributed by atoms with Crippen molar-refractivity contribution in [2.75, 3.05) is 34.2 Å². The highest BCUT2D eigenvalue weighted by Gasteiger charge is 2.24. The van der Waals surface area contributed by atoms with E-state index in [1.807, 2.05) is 60.5 Å². The van der Waals surface area contributed by atoms with Crippen LogP contribution in [0.3, 0.4) is 0 Å². The van der Waals surface area contributed by atoms with Crippen LogP contribution in [0.2, 0.25) is 0 Å². The Morgan fingerprint density at radius 3 is 1.57 bits per heavy atom. The van der Waals surface area contributed by atoms with E-state index in [2.05, 4.69) is 13.8 Å². The lowest BCUT2D eigenvalue weighted by Gasteiger charge is -2.23. The minimum Gasteiger partial charge on any atom is -0.461 e. The summed E-state index contributed by atoms with van der Waals surface area (Å²) in [6, 6.07) is 3.18. The van der Waals surface area contributed by atoms with Crippen molar-refractivity contribution in [2.24, 2.45) is 5.73 Å². The van der Waals surface area contributed by atoms with Crippen molar-refractivity contribution in [3.63, 3.8) is 0 Å². The third-order valence-corrected chi connectivity index (χ3v) is 5.30. The van der Waals surface area contributed by atoms with E-state index in [9.17, 15) is 24.0 Å². The van der Waals surface area contributed by atoms with Crippen LogP contribution in [0.1, 0.15) is 132 Å². The van der Waals surface area contributed by atoms with E-state index in [0.717, 1.165) is 6.54 Å². The summed E-state index contributed by atoms with van der Waals surface area (Å²) >= 11 is 0. The summed E-state index contributed by atoms with van der Waals surface area (Å²) in [5, 5.41) is 0. The fraction of sp³-hybridized carbons (Fsp3) is 0.686. The molecule has 0 aliphatic heterocycles. The molecule has 0 spiro atoms. The molecule has 276 valence electrons. The molecule has 0 aliphatic rings. The minimum atomic E-state index is -0.780. The minimum absolute atomic E-state index is 0. The van der Waals surface area contributed by atoms with Gasteiger partial charge in [-0.1, -0.05) is 61.8 Å². The number of carbonyl (C=O) groups is 5. The lowest BCUT2D eigenvalue weighted by Crippen LogP contribution is -2.32. The quantitative estimate of drug-likeness (QED) is 0.149. The molecule has 0 saturated heterocycles. The van der Waals surface area contributed by atoms with Crippen molar-refractivity contribution >= 4 is 29.9 Å². The van der Waals surface area contributed by atoms with Crippen LogP contribution in [0.5, 0.6) is 5.75 Å². The first-order valence-electron chi connectivity index (χ1n) is 16.7. The SMILES string of the molecule is CC.CC.CC.CC(=O)OCc1cc(C(CCCC(N)=O)OC(C)=O)cc(COC(C)=O)c1OC(=O)N(C)CCCN(C)C.CCC.[HH]. The molecule has 1 rings (SSSR count). The van der Waals surface area contributed by atoms with E-state index in [1.165, 1.54) is 32.1 Å². The summed E-state index contributed by atoms with van der Waals surface area (Å²) in [6.07, 6.45) is 1.25. The number of benzene rings is 1. The molecular weight excluding hydrogens is 606 g/mol. The van der Waals surface area contributed by atoms with Gasteiger partial charge >= 0.3 is 24.0 Å². The molecule has 1 atom stereocenters. The summed E-state index contributed by atoms with van der Waals surface area (Å²) in [4.78, 5) is 62.5. The lowest BCUT2D eigenvalue weighted by atomic mass is 9.97. The van der Waals surface area contributed by atoms with Gasteiger partial charge in [0.15, 0.2) is 0 Å². The second kappa shape index (κ2) is 32.3. The second-order valence-electron chi connectivity index (χ2n) is 9.84. The van der Waals surface area contributed by atoms with Gasteiger partial charge in [-0.3, -0.25) is 19.2 Å². The standard InChI is InChI=1S/C26H39N3O9.C3H8.3C2H6.H2/c1-17(30)35-15-21-13-20(23(37-19(3)32)9-7-10-24(27)33)14-22(16-36-18(2)31)25(21)38-26(34)29(6)12-8-11-28(4)5;1-3-2;3*1-2;/h13-14,23H,7-12,15-16H2,1-6H3,(H2,27,33);3H2,1-2H3;3*1-2H3;1H. The van der Waals surface area contributed by atoms with Gasteiger partial charge in [-0.15, -0.1) is 0 Å². The Bertz CT molecular complexity index is 982. The Kier molecular flexibility index (Phi) is 34.5. The first kappa shape index (κ1) is 50.2. The topological polar surface area (TPSA) is 155 Å². The molecule has 2 N–H and O–H groups in total. The number of ether oxygens (including phenoxy) is 4. The van der Waals surface area contributed by atoms with Gasteiger partial charge in [0, 0.05) is 53.3 Å². The first-order valence-corrected chi connectivity index (χ1v) is 16.7. The number of nitrogens with zero attached hydrogens (tertiary/aromatic N) is 2. The van der Waals surface area contributed by atoms with E-state index in [1.54, 1.807) is 19.2 Å². The maximum atomic E-state index is 12.9. The molecule has 0 bridgehead atoms. The van der Waals surface area contributed by atoms with Gasteiger partial charge < -0.3 is 34.5 Å². The zero-order valence-corrected chi connectivity index (χ0v) is 31.7. The van der Waals surface area contributed by atoms with Crippen LogP contribution in [0.15, 0.2) is 12.1 Å². The van der Waals surface area contributed by atoms with Crippen molar-refractivity contribution in [1.29, 1.82) is 0 Å². The van der Waals surface area contributed by atoms with Gasteiger partial charge in [0.2, 0.25) is 5.91 Å². The molecule has 0 fully saturated rings. The zero-order chi connectivity index (χ0) is 37.5. The molecule has 47 heavy (non-hydrogen) atoms. The summed E-state index contributed by atoms with van der Waals surface area (Å²) in [7, 11) is 5.46. The van der Waals surface area contributed by atoms with Crippen molar-refractivity contribution in [2.45, 2.75) is 128 Å². The van der Waals surface area contributed by atoms with Crippen LogP contribution in [0.25, 0.3) is 0 Å². The molecule has 2 amide bonds. The molecule has 0 aliphatic carbocycles. The summed E-state index contributed by atoms with van der Waals surface area (Å²) < 4.78 is 21.6. The van der Waals surface area contributed by atoms with Crippen LogP contribution in [-0.2, 0) is 46.6 Å². The number of hydrogen-bond donors (Lipinski definition) is 1. The number of nitrogens with two attached hydrogens (primary N) is 1. The third kappa shape index (κ3) is 27.2. The molecule has 1 aromatic carbocycles. The zero-order valence-electron chi connectivity index (χ0n) is 31.7. The average Bonchev–Trinajstić information content (AvgIpc) is 3.01. The van der Waals surface area contributed by atoms with Crippen LogP contribution >= 0.6 is 0 Å². The van der Waals surface area contributed by atoms with Gasteiger partial charge in [0.1, 0.15) is 25.1 Å². The fourth-order valence-corrected chi connectivity index (χ4v) is 3.51. The Labute approximate surface area is 286 Å². The van der Waals surface area contributed by atoms with Gasteiger partial charge in [-0.2, -0.15) is 0 Å². The number of hydrogen-bond acceptors (Lipinski definition) is 10. The second-order valence-corrected chi connectivity index (χ2v) is 9.84. The van der Waals surface area contributed by atoms with E-state index in [0.29, 0.717) is 36.1 Å². The van der Waals surface area contributed by atoms with E-state index in [4.69, 9.17) is 24.7 Å². The fourth-order valence-electron chi connectivity index (χ4n) is 3.51. The van der Waals surface area contributed by atoms with Gasteiger partial charge in [-0.05, 0) is 57.6 Å². The molecule has 1 unspecified atom stereocenters. The molecule has 0 radical (unpaired) electrons. The van der Waals surface area contributed by atoms with Crippen molar-refractivity contribution in [1.82, 2.24) is 9.80 Å². The van der Waals surface area contributed by atoms with Gasteiger partial charge in [-0.25, -0.2) is 4.79 Å². The van der Waals surface area contributed by atoms with Crippen LogP contribution in [-0.4, -0.2) is 73.9 Å². The molecule has 0 aromatic heterocycles. The third-order valence-electron chi connectivity index (χ3n) is 5.30. The lowest BCUT2D eigenvalue weighted by molar-refractivity contribution is -0.147. The van der Waals surface area contributed by atoms with Crippen molar-refractivity contribution in [3.05, 3.63) is 28.8 Å². The summed E-state index contributed by atoms with van der Waals surface area (Å²) in [5.41, 5.74) is 6.33. The number of carbonyl (C=O) groups excluding carboxylic acids is 5. The average molecular weight is 674 g/mol. The predicted octanol–water partition coefficient (Wildman–Crippen LogP) is 7.20. The van der Waals surface area contributed by atoms with Gasteiger partial charge in [0.05, 0.1) is 0 Å². The smallest absolute Gasteiger partial charge is 0.414 e. The highest BCUT2D eigenvalue weighted by Crippen LogP contribution is 2.34. The number of esters is 3. The maximum absolute atomic E-state index is 12.9. The van der Waals surface area contributed by atoms with E-state index < -0.39 is 36.0 Å². The Morgan fingerprint density at radius 2 is 1.21 bits per heavy atom. The van der Waals surface area contributed by atoms with Gasteiger partial charge in [0.25, 0.3) is 0 Å². The number of primary amides is 1. The Balaban J connectivity index is -0.000000560. The largest absolute Gasteiger partial charge is 0.461 e. The van der Waals surface area contributed by atoms with E-state index in [-0.39, 0.29) is 33.2 Å². The van der Waals surface area contributed by atoms with E-state index >= 15 is 0 Å². The monoisotopic (exact) mass is 673 g/mol. The van der Waals surface area contributed by atoms with Crippen LogP contribution in [0.4, 0.5) is 4.79 Å². The number of rotatable bonds is 15.